The SMILES string of the molecule is CS(=O)(=O)c1cccc(Nc2cc(Cl)c(Cl)cc2Cl)c1N. The summed E-state index contributed by atoms with van der Waals surface area (Å²) in [7, 11) is -3.42. The number of anilines is 3. The van der Waals surface area contributed by atoms with Crippen molar-refractivity contribution in [2.75, 3.05) is 17.3 Å². The van der Waals surface area contributed by atoms with Crippen LogP contribution in [0.15, 0.2) is 35.2 Å². The van der Waals surface area contributed by atoms with Crippen LogP contribution >= 0.6 is 34.8 Å². The number of nitrogens with one attached hydrogen (secondary N) is 1. The zero-order valence-corrected chi connectivity index (χ0v) is 13.9. The molecule has 0 saturated carbocycles. The number of para-hydroxylation sites is 1. The van der Waals surface area contributed by atoms with Crippen LogP contribution < -0.4 is 11.1 Å². The predicted molar refractivity (Wildman–Crippen MR) is 88.7 cm³/mol. The molecule has 0 spiro atoms. The van der Waals surface area contributed by atoms with Crippen molar-refractivity contribution in [2.45, 2.75) is 4.90 Å². The van der Waals surface area contributed by atoms with Crippen LogP contribution in [0.2, 0.25) is 15.1 Å². The minimum absolute atomic E-state index is 0.0451. The number of nitrogen functional groups attached to an aromatic ring is 1. The van der Waals surface area contributed by atoms with Gasteiger partial charge in [-0.05, 0) is 24.3 Å². The second-order valence-corrected chi connectivity index (χ2v) is 7.57. The van der Waals surface area contributed by atoms with E-state index in [-0.39, 0.29) is 10.6 Å². The van der Waals surface area contributed by atoms with Crippen LogP contribution in [0, 0.1) is 0 Å². The van der Waals surface area contributed by atoms with Gasteiger partial charge in [0.25, 0.3) is 0 Å². The first kappa shape index (κ1) is 16.2. The van der Waals surface area contributed by atoms with Gasteiger partial charge in [-0.2, -0.15) is 0 Å². The van der Waals surface area contributed by atoms with Crippen LogP contribution in [0.5, 0.6) is 0 Å². The third-order valence-corrected chi connectivity index (χ3v) is 4.93. The fourth-order valence-corrected chi connectivity index (χ4v) is 3.17. The van der Waals surface area contributed by atoms with E-state index >= 15 is 0 Å². The molecule has 21 heavy (non-hydrogen) atoms. The van der Waals surface area contributed by atoms with Crippen molar-refractivity contribution in [3.8, 4) is 0 Å². The van der Waals surface area contributed by atoms with Crippen LogP contribution in [-0.2, 0) is 9.84 Å². The molecule has 0 amide bonds. The van der Waals surface area contributed by atoms with Crippen LogP contribution in [0.4, 0.5) is 17.1 Å². The Balaban J connectivity index is 2.49. The summed E-state index contributed by atoms with van der Waals surface area (Å²) >= 11 is 17.9. The van der Waals surface area contributed by atoms with Crippen molar-refractivity contribution in [1.82, 2.24) is 0 Å². The summed E-state index contributed by atoms with van der Waals surface area (Å²) in [5.74, 6) is 0. The van der Waals surface area contributed by atoms with Gasteiger partial charge in [0.2, 0.25) is 0 Å². The van der Waals surface area contributed by atoms with Gasteiger partial charge in [-0.15, -0.1) is 0 Å². The molecule has 0 saturated heterocycles. The average molecular weight is 366 g/mol. The first-order valence-corrected chi connectivity index (χ1v) is 8.73. The molecule has 0 bridgehead atoms. The molecule has 4 nitrogen and oxygen atoms in total. The molecule has 3 N–H and O–H groups in total. The van der Waals surface area contributed by atoms with Crippen molar-refractivity contribution < 1.29 is 8.42 Å². The zero-order chi connectivity index (χ0) is 15.8. The maximum atomic E-state index is 11.7. The number of nitrogens with two attached hydrogens (primary N) is 1. The van der Waals surface area contributed by atoms with E-state index in [2.05, 4.69) is 5.32 Å². The summed E-state index contributed by atoms with van der Waals surface area (Å²) < 4.78 is 23.3. The third kappa shape index (κ3) is 3.55. The van der Waals surface area contributed by atoms with E-state index in [0.717, 1.165) is 6.26 Å². The number of hydrogen-bond acceptors (Lipinski definition) is 4. The van der Waals surface area contributed by atoms with Crippen molar-refractivity contribution >= 4 is 61.7 Å². The minimum Gasteiger partial charge on any atom is -0.396 e. The zero-order valence-electron chi connectivity index (χ0n) is 10.8. The molecule has 8 heteroatoms. The molecule has 0 fully saturated rings. The van der Waals surface area contributed by atoms with E-state index in [9.17, 15) is 8.42 Å². The molecular formula is C13H11Cl3N2O2S. The lowest BCUT2D eigenvalue weighted by molar-refractivity contribution is 0.602. The Bertz CT molecular complexity index is 807. The number of halogens is 3. The van der Waals surface area contributed by atoms with E-state index in [4.69, 9.17) is 40.5 Å². The van der Waals surface area contributed by atoms with Gasteiger partial charge < -0.3 is 11.1 Å². The summed E-state index contributed by atoms with van der Waals surface area (Å²) in [6, 6.07) is 7.69. The molecule has 2 aromatic rings. The minimum atomic E-state index is -3.42. The van der Waals surface area contributed by atoms with E-state index in [1.54, 1.807) is 18.2 Å². The van der Waals surface area contributed by atoms with Gasteiger partial charge in [-0.3, -0.25) is 0 Å². The fraction of sp³-hybridized carbons (Fsp3) is 0.0769. The van der Waals surface area contributed by atoms with Crippen molar-refractivity contribution in [2.24, 2.45) is 0 Å². The summed E-state index contributed by atoms with van der Waals surface area (Å²) in [4.78, 5) is 0.0451. The first-order chi connectivity index (χ1) is 9.70. The largest absolute Gasteiger partial charge is 0.396 e. The van der Waals surface area contributed by atoms with Gasteiger partial charge in [0.1, 0.15) is 0 Å². The second-order valence-electron chi connectivity index (χ2n) is 4.36. The summed E-state index contributed by atoms with van der Waals surface area (Å²) in [6.07, 6.45) is 1.09. The smallest absolute Gasteiger partial charge is 0.177 e. The normalized spacial score (nSPS) is 11.4. The van der Waals surface area contributed by atoms with Crippen molar-refractivity contribution in [3.63, 3.8) is 0 Å². The predicted octanol–water partition coefficient (Wildman–Crippen LogP) is 4.38. The third-order valence-electron chi connectivity index (χ3n) is 2.74. The molecule has 0 unspecified atom stereocenters. The molecule has 112 valence electrons. The number of rotatable bonds is 3. The quantitative estimate of drug-likeness (QED) is 0.625. The molecule has 0 aliphatic rings. The van der Waals surface area contributed by atoms with Crippen LogP contribution in [0.3, 0.4) is 0 Å². The summed E-state index contributed by atoms with van der Waals surface area (Å²) in [6.45, 7) is 0. The molecule has 0 aliphatic heterocycles. The van der Waals surface area contributed by atoms with Crippen LogP contribution in [-0.4, -0.2) is 14.7 Å². The van der Waals surface area contributed by atoms with Crippen LogP contribution in [0.25, 0.3) is 0 Å². The van der Waals surface area contributed by atoms with Gasteiger partial charge in [0.05, 0.1) is 37.0 Å². The Hall–Kier alpha value is -1.14. The van der Waals surface area contributed by atoms with Gasteiger partial charge >= 0.3 is 0 Å². The van der Waals surface area contributed by atoms with E-state index in [1.807, 2.05) is 0 Å². The molecule has 0 atom stereocenters. The van der Waals surface area contributed by atoms with Gasteiger partial charge in [-0.1, -0.05) is 40.9 Å². The highest BCUT2D eigenvalue weighted by molar-refractivity contribution is 7.90. The highest BCUT2D eigenvalue weighted by Gasteiger charge is 2.15. The van der Waals surface area contributed by atoms with Crippen molar-refractivity contribution in [3.05, 3.63) is 45.4 Å². The first-order valence-electron chi connectivity index (χ1n) is 5.70. The fourth-order valence-electron chi connectivity index (χ4n) is 1.74. The number of hydrogen-bond donors (Lipinski definition) is 2. The Morgan fingerprint density at radius 1 is 1.00 bits per heavy atom. The van der Waals surface area contributed by atoms with Crippen molar-refractivity contribution in [1.29, 1.82) is 0 Å². The lowest BCUT2D eigenvalue weighted by Crippen LogP contribution is -2.05. The Labute approximate surface area is 137 Å². The average Bonchev–Trinajstić information content (AvgIpc) is 2.36. The van der Waals surface area contributed by atoms with E-state index in [0.29, 0.717) is 26.4 Å². The monoisotopic (exact) mass is 364 g/mol. The van der Waals surface area contributed by atoms with Gasteiger partial charge in [0.15, 0.2) is 9.84 Å². The van der Waals surface area contributed by atoms with Gasteiger partial charge in [0, 0.05) is 6.26 Å². The number of sulfone groups is 1. The highest BCUT2D eigenvalue weighted by atomic mass is 35.5. The number of benzene rings is 2. The summed E-state index contributed by atoms with van der Waals surface area (Å²) in [5, 5.41) is 3.94. The summed E-state index contributed by atoms with van der Waals surface area (Å²) in [5.41, 5.74) is 6.90. The lowest BCUT2D eigenvalue weighted by Gasteiger charge is -2.14. The second kappa shape index (κ2) is 5.93. The Morgan fingerprint density at radius 3 is 2.24 bits per heavy atom. The molecule has 0 aliphatic carbocycles. The highest BCUT2D eigenvalue weighted by Crippen LogP contribution is 2.36. The standard InChI is InChI=1S/C13H11Cl3N2O2S/c1-21(19,20)12-4-2-3-10(13(12)17)18-11-6-8(15)7(14)5-9(11)16/h2-6,18H,17H2,1H3. The molecule has 0 heterocycles. The Kier molecular flexibility index (Phi) is 4.58. The lowest BCUT2D eigenvalue weighted by atomic mass is 10.2. The topological polar surface area (TPSA) is 72.2 Å². The van der Waals surface area contributed by atoms with E-state index < -0.39 is 9.84 Å². The Morgan fingerprint density at radius 2 is 1.62 bits per heavy atom. The molecule has 0 aromatic heterocycles. The van der Waals surface area contributed by atoms with Gasteiger partial charge in [-0.25, -0.2) is 8.42 Å². The maximum Gasteiger partial charge on any atom is 0.177 e. The molecular weight excluding hydrogens is 355 g/mol. The van der Waals surface area contributed by atoms with E-state index in [1.165, 1.54) is 12.1 Å². The molecule has 0 radical (unpaired) electrons. The molecule has 2 rings (SSSR count). The molecule has 2 aromatic carbocycles. The maximum absolute atomic E-state index is 11.7. The van der Waals surface area contributed by atoms with Crippen LogP contribution in [0.1, 0.15) is 0 Å².